The van der Waals surface area contributed by atoms with E-state index in [0.717, 1.165) is 4.90 Å². The number of Topliss-reactive ketones (excluding diaryl/α,β-unsaturated/α-hetero) is 1. The Morgan fingerprint density at radius 2 is 1.95 bits per heavy atom. The number of carbonyl (C=O) groups excluding carboxylic acids is 1. The molecule has 0 aliphatic rings. The van der Waals surface area contributed by atoms with Gasteiger partial charge >= 0.3 is 0 Å². The largest absolute Gasteiger partial charge is 0.376 e. The van der Waals surface area contributed by atoms with Crippen LogP contribution in [0.15, 0.2) is 46.2 Å². The van der Waals surface area contributed by atoms with Crippen molar-refractivity contribution in [3.63, 3.8) is 0 Å². The van der Waals surface area contributed by atoms with Crippen LogP contribution in [0.4, 0.5) is 5.69 Å². The van der Waals surface area contributed by atoms with Crippen LogP contribution in [0.25, 0.3) is 0 Å². The Bertz CT molecular complexity index is 693. The van der Waals surface area contributed by atoms with E-state index in [1.807, 2.05) is 32.5 Å². The van der Waals surface area contributed by atoms with Crippen LogP contribution in [0.3, 0.4) is 0 Å². The lowest BCUT2D eigenvalue weighted by Crippen LogP contribution is -2.27. The number of ketones is 1. The summed E-state index contributed by atoms with van der Waals surface area (Å²) in [4.78, 5) is 27.0. The van der Waals surface area contributed by atoms with E-state index >= 15 is 0 Å². The number of anilines is 1. The number of benzene rings is 1. The maximum absolute atomic E-state index is 12.2. The van der Waals surface area contributed by atoms with Crippen LogP contribution in [0.1, 0.15) is 10.4 Å². The molecule has 1 aromatic carbocycles. The molecule has 0 bridgehead atoms. The number of carbonyl (C=O) groups is 1. The second kappa shape index (κ2) is 6.58. The van der Waals surface area contributed by atoms with Gasteiger partial charge in [-0.05, 0) is 18.4 Å². The lowest BCUT2D eigenvalue weighted by molar-refractivity contribution is 0.0965. The van der Waals surface area contributed by atoms with Gasteiger partial charge in [-0.2, -0.15) is 5.10 Å². The van der Waals surface area contributed by atoms with Crippen molar-refractivity contribution in [2.75, 3.05) is 25.3 Å². The molecule has 2 rings (SSSR count). The molecule has 110 valence electrons. The van der Waals surface area contributed by atoms with E-state index in [0.29, 0.717) is 11.3 Å². The predicted molar refractivity (Wildman–Crippen MR) is 85.4 cm³/mol. The van der Waals surface area contributed by atoms with Crippen LogP contribution in [0.5, 0.6) is 0 Å². The third kappa shape index (κ3) is 3.72. The SMILES string of the molecule is CSc1ccc(C(=O)Cn2ncc(N(C)C)cc2=O)cc1. The predicted octanol–water partition coefficient (Wildman–Crippen LogP) is 1.91. The van der Waals surface area contributed by atoms with E-state index < -0.39 is 0 Å². The number of thioether (sulfide) groups is 1. The topological polar surface area (TPSA) is 55.2 Å². The van der Waals surface area contributed by atoms with Crippen molar-refractivity contribution in [2.24, 2.45) is 0 Å². The molecule has 5 nitrogen and oxygen atoms in total. The van der Waals surface area contributed by atoms with E-state index in [-0.39, 0.29) is 17.9 Å². The fourth-order valence-corrected chi connectivity index (χ4v) is 2.20. The summed E-state index contributed by atoms with van der Waals surface area (Å²) in [5, 5.41) is 4.04. The molecule has 0 saturated carbocycles. The highest BCUT2D eigenvalue weighted by Gasteiger charge is 2.09. The zero-order chi connectivity index (χ0) is 15.4. The molecule has 0 saturated heterocycles. The lowest BCUT2D eigenvalue weighted by Gasteiger charge is -2.12. The highest BCUT2D eigenvalue weighted by Crippen LogP contribution is 2.15. The third-order valence-corrected chi connectivity index (χ3v) is 3.82. The summed E-state index contributed by atoms with van der Waals surface area (Å²) in [6.45, 7) is -0.0504. The summed E-state index contributed by atoms with van der Waals surface area (Å²) >= 11 is 1.62. The molecular formula is C15H17N3O2S. The van der Waals surface area contributed by atoms with Gasteiger partial charge in [0.25, 0.3) is 5.56 Å². The Balaban J connectivity index is 2.17. The van der Waals surface area contributed by atoms with Crippen LogP contribution in [-0.2, 0) is 6.54 Å². The minimum atomic E-state index is -0.282. The van der Waals surface area contributed by atoms with Gasteiger partial charge in [-0.15, -0.1) is 11.8 Å². The number of hydrogen-bond donors (Lipinski definition) is 0. The molecule has 0 atom stereocenters. The van der Waals surface area contributed by atoms with Gasteiger partial charge in [0.2, 0.25) is 0 Å². The van der Waals surface area contributed by atoms with Gasteiger partial charge in [-0.1, -0.05) is 12.1 Å². The van der Waals surface area contributed by atoms with Crippen molar-refractivity contribution in [2.45, 2.75) is 11.4 Å². The molecule has 21 heavy (non-hydrogen) atoms. The highest BCUT2D eigenvalue weighted by molar-refractivity contribution is 7.98. The summed E-state index contributed by atoms with van der Waals surface area (Å²) < 4.78 is 1.18. The number of rotatable bonds is 5. The van der Waals surface area contributed by atoms with Crippen molar-refractivity contribution in [1.82, 2.24) is 9.78 Å². The zero-order valence-electron chi connectivity index (χ0n) is 12.2. The second-order valence-electron chi connectivity index (χ2n) is 4.76. The Morgan fingerprint density at radius 3 is 2.48 bits per heavy atom. The average molecular weight is 303 g/mol. The van der Waals surface area contributed by atoms with Crippen LogP contribution < -0.4 is 10.5 Å². The highest BCUT2D eigenvalue weighted by atomic mass is 32.2. The molecule has 0 aliphatic heterocycles. The zero-order valence-corrected chi connectivity index (χ0v) is 13.1. The van der Waals surface area contributed by atoms with Gasteiger partial charge in [-0.25, -0.2) is 4.68 Å². The van der Waals surface area contributed by atoms with Gasteiger partial charge in [0, 0.05) is 30.6 Å². The quantitative estimate of drug-likeness (QED) is 0.624. The standard InChI is InChI=1S/C15H17N3O2S/c1-17(2)12-8-15(20)18(16-9-12)10-14(19)11-4-6-13(21-3)7-5-11/h4-9H,10H2,1-3H3. The van der Waals surface area contributed by atoms with Crippen LogP contribution in [0, 0.1) is 0 Å². The molecule has 1 heterocycles. The van der Waals surface area contributed by atoms with E-state index in [4.69, 9.17) is 0 Å². The first kappa shape index (κ1) is 15.3. The van der Waals surface area contributed by atoms with E-state index in [9.17, 15) is 9.59 Å². The molecule has 0 fully saturated rings. The third-order valence-electron chi connectivity index (χ3n) is 3.08. The van der Waals surface area contributed by atoms with Crippen molar-refractivity contribution in [3.05, 3.63) is 52.4 Å². The van der Waals surface area contributed by atoms with Gasteiger partial charge in [0.15, 0.2) is 5.78 Å². The van der Waals surface area contributed by atoms with E-state index in [1.165, 1.54) is 10.7 Å². The molecule has 0 N–H and O–H groups in total. The Labute approximate surface area is 127 Å². The normalized spacial score (nSPS) is 10.4. The molecular weight excluding hydrogens is 286 g/mol. The molecule has 0 amide bonds. The van der Waals surface area contributed by atoms with Gasteiger partial charge in [0.05, 0.1) is 11.9 Å². The minimum absolute atomic E-state index is 0.0504. The van der Waals surface area contributed by atoms with Gasteiger partial charge in [0.1, 0.15) is 6.54 Å². The first-order chi connectivity index (χ1) is 10.0. The summed E-state index contributed by atoms with van der Waals surface area (Å²) in [6.07, 6.45) is 3.55. The van der Waals surface area contributed by atoms with Crippen molar-refractivity contribution < 1.29 is 4.79 Å². The summed E-state index contributed by atoms with van der Waals surface area (Å²) in [5.74, 6) is -0.130. The Hall–Kier alpha value is -2.08. The summed E-state index contributed by atoms with van der Waals surface area (Å²) in [7, 11) is 3.67. The molecule has 0 spiro atoms. The molecule has 0 aliphatic carbocycles. The van der Waals surface area contributed by atoms with E-state index in [2.05, 4.69) is 5.10 Å². The number of aromatic nitrogens is 2. The van der Waals surface area contributed by atoms with Crippen molar-refractivity contribution in [1.29, 1.82) is 0 Å². The van der Waals surface area contributed by atoms with Crippen LogP contribution in [0.2, 0.25) is 0 Å². The maximum Gasteiger partial charge on any atom is 0.269 e. The van der Waals surface area contributed by atoms with Crippen molar-refractivity contribution in [3.8, 4) is 0 Å². The Morgan fingerprint density at radius 1 is 1.29 bits per heavy atom. The number of nitrogens with zero attached hydrogens (tertiary/aromatic N) is 3. The molecule has 2 aromatic rings. The van der Waals surface area contributed by atoms with Crippen LogP contribution in [-0.4, -0.2) is 35.9 Å². The molecule has 6 heteroatoms. The fourth-order valence-electron chi connectivity index (χ4n) is 1.79. The van der Waals surface area contributed by atoms with Crippen molar-refractivity contribution >= 4 is 23.2 Å². The molecule has 0 unspecified atom stereocenters. The van der Waals surface area contributed by atoms with Gasteiger partial charge < -0.3 is 4.90 Å². The summed E-state index contributed by atoms with van der Waals surface area (Å²) in [6, 6.07) is 8.80. The average Bonchev–Trinajstić information content (AvgIpc) is 2.49. The maximum atomic E-state index is 12.2. The van der Waals surface area contributed by atoms with Gasteiger partial charge in [-0.3, -0.25) is 9.59 Å². The minimum Gasteiger partial charge on any atom is -0.376 e. The van der Waals surface area contributed by atoms with E-state index in [1.54, 1.807) is 35.0 Å². The first-order valence-corrected chi connectivity index (χ1v) is 7.65. The second-order valence-corrected chi connectivity index (χ2v) is 5.64. The smallest absolute Gasteiger partial charge is 0.269 e. The fraction of sp³-hybridized carbons (Fsp3) is 0.267. The monoisotopic (exact) mass is 303 g/mol. The molecule has 0 radical (unpaired) electrons. The number of hydrogen-bond acceptors (Lipinski definition) is 5. The molecule has 1 aromatic heterocycles. The lowest BCUT2D eigenvalue weighted by atomic mass is 10.1. The Kier molecular flexibility index (Phi) is 4.80. The first-order valence-electron chi connectivity index (χ1n) is 6.43. The van der Waals surface area contributed by atoms with Crippen LogP contribution >= 0.6 is 11.8 Å². The summed E-state index contributed by atoms with van der Waals surface area (Å²) in [5.41, 5.74) is 1.02.